The standard InChI is InChI=1S/C16H18N2O3/c1-2-17-16-6-4-13(8-18-16)10-19-9-12-3-5-14-15(7-12)21-11-20-14/h3-8H,2,9-11H2,1H3,(H,17,18). The zero-order valence-corrected chi connectivity index (χ0v) is 12.0. The number of nitrogens with one attached hydrogen (secondary N) is 1. The molecular formula is C16H18N2O3. The first-order chi connectivity index (χ1) is 10.3. The average molecular weight is 286 g/mol. The summed E-state index contributed by atoms with van der Waals surface area (Å²) >= 11 is 0. The molecule has 1 aliphatic heterocycles. The fraction of sp³-hybridized carbons (Fsp3) is 0.312. The molecule has 1 aliphatic rings. The molecule has 5 nitrogen and oxygen atoms in total. The van der Waals surface area contributed by atoms with Crippen LogP contribution in [-0.2, 0) is 18.0 Å². The van der Waals surface area contributed by atoms with Gasteiger partial charge in [-0.2, -0.15) is 0 Å². The van der Waals surface area contributed by atoms with Crippen LogP contribution in [0.3, 0.4) is 0 Å². The first-order valence-electron chi connectivity index (χ1n) is 7.00. The SMILES string of the molecule is CCNc1ccc(COCc2ccc3c(c2)OCO3)cn1. The van der Waals surface area contributed by atoms with Crippen molar-refractivity contribution in [3.63, 3.8) is 0 Å². The van der Waals surface area contributed by atoms with Gasteiger partial charge >= 0.3 is 0 Å². The molecule has 1 aromatic carbocycles. The van der Waals surface area contributed by atoms with Gasteiger partial charge in [0.15, 0.2) is 11.5 Å². The van der Waals surface area contributed by atoms with Gasteiger partial charge in [-0.15, -0.1) is 0 Å². The van der Waals surface area contributed by atoms with E-state index in [1.165, 1.54) is 0 Å². The zero-order chi connectivity index (χ0) is 14.5. The lowest BCUT2D eigenvalue weighted by molar-refractivity contribution is 0.107. The molecule has 0 saturated carbocycles. The maximum Gasteiger partial charge on any atom is 0.231 e. The molecule has 0 saturated heterocycles. The van der Waals surface area contributed by atoms with Crippen molar-refractivity contribution in [3.05, 3.63) is 47.7 Å². The van der Waals surface area contributed by atoms with Crippen LogP contribution in [0.2, 0.25) is 0 Å². The van der Waals surface area contributed by atoms with E-state index in [0.29, 0.717) is 20.0 Å². The van der Waals surface area contributed by atoms with Crippen molar-refractivity contribution in [1.29, 1.82) is 0 Å². The van der Waals surface area contributed by atoms with Crippen molar-refractivity contribution in [3.8, 4) is 11.5 Å². The normalized spacial score (nSPS) is 12.4. The van der Waals surface area contributed by atoms with E-state index in [-0.39, 0.29) is 0 Å². The Morgan fingerprint density at radius 3 is 2.71 bits per heavy atom. The average Bonchev–Trinajstić information content (AvgIpc) is 2.97. The van der Waals surface area contributed by atoms with Crippen molar-refractivity contribution in [2.24, 2.45) is 0 Å². The van der Waals surface area contributed by atoms with E-state index in [2.05, 4.69) is 10.3 Å². The number of hydrogen-bond donors (Lipinski definition) is 1. The predicted octanol–water partition coefficient (Wildman–Crippen LogP) is 2.96. The van der Waals surface area contributed by atoms with Gasteiger partial charge < -0.3 is 19.5 Å². The number of nitrogens with zero attached hydrogens (tertiary/aromatic N) is 1. The van der Waals surface area contributed by atoms with Crippen LogP contribution >= 0.6 is 0 Å². The Morgan fingerprint density at radius 1 is 1.10 bits per heavy atom. The lowest BCUT2D eigenvalue weighted by atomic mass is 10.2. The number of hydrogen-bond acceptors (Lipinski definition) is 5. The Labute approximate surface area is 123 Å². The molecule has 2 aromatic rings. The summed E-state index contributed by atoms with van der Waals surface area (Å²) in [4.78, 5) is 4.31. The summed E-state index contributed by atoms with van der Waals surface area (Å²) in [5.41, 5.74) is 2.12. The van der Waals surface area contributed by atoms with Gasteiger partial charge in [0.05, 0.1) is 13.2 Å². The molecule has 110 valence electrons. The highest BCUT2D eigenvalue weighted by Crippen LogP contribution is 2.32. The minimum Gasteiger partial charge on any atom is -0.454 e. The molecule has 0 atom stereocenters. The molecular weight excluding hydrogens is 268 g/mol. The summed E-state index contributed by atoms with van der Waals surface area (Å²) in [6.45, 7) is 4.28. The number of aromatic nitrogens is 1. The molecule has 0 bridgehead atoms. The number of rotatable bonds is 6. The topological polar surface area (TPSA) is 52.6 Å². The maximum atomic E-state index is 5.71. The van der Waals surface area contributed by atoms with Crippen LogP contribution < -0.4 is 14.8 Å². The van der Waals surface area contributed by atoms with Gasteiger partial charge in [-0.05, 0) is 36.2 Å². The smallest absolute Gasteiger partial charge is 0.231 e. The third kappa shape index (κ3) is 3.44. The molecule has 0 aliphatic carbocycles. The van der Waals surface area contributed by atoms with Crippen LogP contribution in [0.1, 0.15) is 18.1 Å². The summed E-state index contributed by atoms with van der Waals surface area (Å²) in [5, 5.41) is 3.16. The second-order valence-electron chi connectivity index (χ2n) is 4.76. The van der Waals surface area contributed by atoms with Crippen molar-refractivity contribution in [2.45, 2.75) is 20.1 Å². The monoisotopic (exact) mass is 286 g/mol. The van der Waals surface area contributed by atoms with Crippen LogP contribution in [0.4, 0.5) is 5.82 Å². The van der Waals surface area contributed by atoms with Crippen LogP contribution in [0, 0.1) is 0 Å². The molecule has 21 heavy (non-hydrogen) atoms. The summed E-state index contributed by atoms with van der Waals surface area (Å²) in [7, 11) is 0. The fourth-order valence-electron chi connectivity index (χ4n) is 2.11. The molecule has 0 amide bonds. The largest absolute Gasteiger partial charge is 0.454 e. The molecule has 0 spiro atoms. The van der Waals surface area contributed by atoms with Gasteiger partial charge in [0.1, 0.15) is 5.82 Å². The van der Waals surface area contributed by atoms with E-state index in [1.807, 2.05) is 43.5 Å². The second kappa shape index (κ2) is 6.45. The van der Waals surface area contributed by atoms with E-state index in [9.17, 15) is 0 Å². The summed E-state index contributed by atoms with van der Waals surface area (Å²) < 4.78 is 16.3. The fourth-order valence-corrected chi connectivity index (χ4v) is 2.11. The van der Waals surface area contributed by atoms with E-state index in [4.69, 9.17) is 14.2 Å². The van der Waals surface area contributed by atoms with E-state index < -0.39 is 0 Å². The summed E-state index contributed by atoms with van der Waals surface area (Å²) in [6.07, 6.45) is 1.83. The van der Waals surface area contributed by atoms with Gasteiger partial charge in [0.25, 0.3) is 0 Å². The first-order valence-corrected chi connectivity index (χ1v) is 7.00. The Kier molecular flexibility index (Phi) is 4.21. The van der Waals surface area contributed by atoms with Crippen molar-refractivity contribution in [2.75, 3.05) is 18.7 Å². The first kappa shape index (κ1) is 13.7. The lowest BCUT2D eigenvalue weighted by Gasteiger charge is -2.07. The molecule has 1 N–H and O–H groups in total. The van der Waals surface area contributed by atoms with E-state index in [1.54, 1.807) is 0 Å². The summed E-state index contributed by atoms with van der Waals surface area (Å²) in [6, 6.07) is 9.83. The molecule has 0 radical (unpaired) electrons. The Hall–Kier alpha value is -2.27. The zero-order valence-electron chi connectivity index (χ0n) is 12.0. The Bertz CT molecular complexity index is 599. The van der Waals surface area contributed by atoms with Gasteiger partial charge in [-0.25, -0.2) is 4.98 Å². The third-order valence-electron chi connectivity index (χ3n) is 3.16. The van der Waals surface area contributed by atoms with Gasteiger partial charge in [-0.1, -0.05) is 12.1 Å². The minimum atomic E-state index is 0.295. The predicted molar refractivity (Wildman–Crippen MR) is 79.5 cm³/mol. The van der Waals surface area contributed by atoms with E-state index >= 15 is 0 Å². The minimum absolute atomic E-state index is 0.295. The molecule has 2 heterocycles. The van der Waals surface area contributed by atoms with Crippen molar-refractivity contribution < 1.29 is 14.2 Å². The van der Waals surface area contributed by atoms with Crippen molar-refractivity contribution >= 4 is 5.82 Å². The number of pyridine rings is 1. The summed E-state index contributed by atoms with van der Waals surface area (Å²) in [5.74, 6) is 2.46. The lowest BCUT2D eigenvalue weighted by Crippen LogP contribution is -2.00. The number of fused-ring (bicyclic) bond motifs is 1. The van der Waals surface area contributed by atoms with Crippen LogP contribution in [-0.4, -0.2) is 18.3 Å². The van der Waals surface area contributed by atoms with Gasteiger partial charge in [-0.3, -0.25) is 0 Å². The molecule has 3 rings (SSSR count). The number of ether oxygens (including phenoxy) is 3. The van der Waals surface area contributed by atoms with Crippen LogP contribution in [0.25, 0.3) is 0 Å². The Morgan fingerprint density at radius 2 is 1.90 bits per heavy atom. The molecule has 0 unspecified atom stereocenters. The molecule has 0 fully saturated rings. The van der Waals surface area contributed by atoms with E-state index in [0.717, 1.165) is 35.0 Å². The quantitative estimate of drug-likeness (QED) is 0.884. The highest BCUT2D eigenvalue weighted by atomic mass is 16.7. The maximum absolute atomic E-state index is 5.71. The van der Waals surface area contributed by atoms with Gasteiger partial charge in [0, 0.05) is 12.7 Å². The highest BCUT2D eigenvalue weighted by Gasteiger charge is 2.12. The number of anilines is 1. The highest BCUT2D eigenvalue weighted by molar-refractivity contribution is 5.44. The van der Waals surface area contributed by atoms with Crippen molar-refractivity contribution in [1.82, 2.24) is 4.98 Å². The second-order valence-corrected chi connectivity index (χ2v) is 4.76. The molecule has 5 heteroatoms. The Balaban J connectivity index is 1.51. The van der Waals surface area contributed by atoms with Gasteiger partial charge in [0.2, 0.25) is 6.79 Å². The van der Waals surface area contributed by atoms with Crippen LogP contribution in [0.5, 0.6) is 11.5 Å². The molecule has 1 aromatic heterocycles. The van der Waals surface area contributed by atoms with Crippen LogP contribution in [0.15, 0.2) is 36.5 Å². The third-order valence-corrected chi connectivity index (χ3v) is 3.16. The number of benzene rings is 1.